The molecule has 0 aliphatic carbocycles. The Kier molecular flexibility index (Phi) is 7.86. The van der Waals surface area contributed by atoms with Crippen molar-refractivity contribution in [3.63, 3.8) is 0 Å². The van der Waals surface area contributed by atoms with Crippen molar-refractivity contribution in [1.82, 2.24) is 20.2 Å². The molecule has 0 radical (unpaired) electrons. The smallest absolute Gasteiger partial charge is 0.274 e. The molecule has 0 saturated carbocycles. The van der Waals surface area contributed by atoms with E-state index in [0.717, 1.165) is 30.3 Å². The molecule has 2 saturated heterocycles. The summed E-state index contributed by atoms with van der Waals surface area (Å²) < 4.78 is 0. The number of rotatable bonds is 7. The Morgan fingerprint density at radius 1 is 1.21 bits per heavy atom. The summed E-state index contributed by atoms with van der Waals surface area (Å²) in [7, 11) is 2.14. The number of aromatic hydroxyl groups is 1. The quantitative estimate of drug-likeness (QED) is 0.376. The minimum atomic E-state index is -0.383. The zero-order valence-corrected chi connectivity index (χ0v) is 21.7. The van der Waals surface area contributed by atoms with E-state index in [-0.39, 0.29) is 23.4 Å². The molecule has 1 unspecified atom stereocenters. The highest BCUT2D eigenvalue weighted by molar-refractivity contribution is 6.09. The van der Waals surface area contributed by atoms with Gasteiger partial charge in [-0.05, 0) is 37.9 Å². The van der Waals surface area contributed by atoms with Gasteiger partial charge in [0.05, 0.1) is 18.2 Å². The van der Waals surface area contributed by atoms with Crippen LogP contribution in [0.3, 0.4) is 0 Å². The number of likely N-dealkylation sites (tertiary alicyclic amines) is 1. The number of piperidine rings is 1. The maximum Gasteiger partial charge on any atom is 0.274 e. The van der Waals surface area contributed by atoms with Crippen LogP contribution >= 0.6 is 0 Å². The number of phenolic OH excluding ortho intramolecular Hbond substituents is 1. The number of phenols is 1. The summed E-state index contributed by atoms with van der Waals surface area (Å²) in [5.74, 6) is 0.745. The molecular formula is C28H34N8O2. The van der Waals surface area contributed by atoms with Crippen molar-refractivity contribution in [3.8, 4) is 11.8 Å². The van der Waals surface area contributed by atoms with E-state index in [2.05, 4.69) is 43.9 Å². The Hall–Kier alpha value is -3.94. The predicted octanol–water partition coefficient (Wildman–Crippen LogP) is 3.18. The van der Waals surface area contributed by atoms with E-state index in [4.69, 9.17) is 10.2 Å². The fourth-order valence-corrected chi connectivity index (χ4v) is 5.27. The number of nitriles is 1. The number of benzene rings is 2. The summed E-state index contributed by atoms with van der Waals surface area (Å²) in [6.07, 6.45) is 3.91. The lowest BCUT2D eigenvalue weighted by atomic mass is 10.0. The van der Waals surface area contributed by atoms with Crippen LogP contribution in [0.15, 0.2) is 42.5 Å². The molecule has 2 aliphatic heterocycles. The van der Waals surface area contributed by atoms with Gasteiger partial charge in [-0.3, -0.25) is 4.79 Å². The molecule has 1 aromatic heterocycles. The van der Waals surface area contributed by atoms with Gasteiger partial charge in [0.15, 0.2) is 0 Å². The van der Waals surface area contributed by atoms with Crippen molar-refractivity contribution in [1.29, 1.82) is 5.26 Å². The highest BCUT2D eigenvalue weighted by atomic mass is 16.3. The number of anilines is 3. The number of likely N-dealkylation sites (N-methyl/N-ethyl adjacent to an activating group) is 1. The second-order valence-corrected chi connectivity index (χ2v) is 10.1. The van der Waals surface area contributed by atoms with Gasteiger partial charge < -0.3 is 30.9 Å². The number of piperazine rings is 1. The number of amides is 1. The Bertz CT molecular complexity index is 1340. The van der Waals surface area contributed by atoms with Gasteiger partial charge in [0.2, 0.25) is 5.95 Å². The van der Waals surface area contributed by atoms with E-state index in [1.807, 2.05) is 24.3 Å². The molecule has 2 aliphatic rings. The monoisotopic (exact) mass is 514 g/mol. The molecule has 10 nitrogen and oxygen atoms in total. The highest BCUT2D eigenvalue weighted by Crippen LogP contribution is 2.29. The van der Waals surface area contributed by atoms with Crippen molar-refractivity contribution in [2.24, 2.45) is 0 Å². The summed E-state index contributed by atoms with van der Waals surface area (Å²) >= 11 is 0. The molecule has 198 valence electrons. The summed E-state index contributed by atoms with van der Waals surface area (Å²) in [6.45, 7) is 3.81. The number of carbonyl (C=O) groups excluding carboxylic acids is 1. The lowest BCUT2D eigenvalue weighted by Crippen LogP contribution is -2.51. The molecule has 0 spiro atoms. The number of hydrogen-bond acceptors (Lipinski definition) is 9. The maximum absolute atomic E-state index is 13.5. The first-order valence-electron chi connectivity index (χ1n) is 13.2. The fourth-order valence-electron chi connectivity index (χ4n) is 5.27. The summed E-state index contributed by atoms with van der Waals surface area (Å²) in [4.78, 5) is 27.3. The van der Waals surface area contributed by atoms with Gasteiger partial charge in [-0.15, -0.1) is 0 Å². The summed E-state index contributed by atoms with van der Waals surface area (Å²) in [6, 6.07) is 15.1. The van der Waals surface area contributed by atoms with Gasteiger partial charge in [0.1, 0.15) is 17.3 Å². The van der Waals surface area contributed by atoms with E-state index in [1.54, 1.807) is 18.2 Å². The van der Waals surface area contributed by atoms with Crippen LogP contribution in [0.5, 0.6) is 5.75 Å². The second-order valence-electron chi connectivity index (χ2n) is 10.1. The normalized spacial score (nSPS) is 20.2. The predicted molar refractivity (Wildman–Crippen MR) is 149 cm³/mol. The maximum atomic E-state index is 13.5. The summed E-state index contributed by atoms with van der Waals surface area (Å²) in [5.41, 5.74) is 0.748. The van der Waals surface area contributed by atoms with E-state index >= 15 is 0 Å². The van der Waals surface area contributed by atoms with Crippen molar-refractivity contribution in [3.05, 3.63) is 48.2 Å². The van der Waals surface area contributed by atoms with Gasteiger partial charge in [-0.1, -0.05) is 30.7 Å². The highest BCUT2D eigenvalue weighted by Gasteiger charge is 2.24. The molecule has 1 amide bonds. The molecule has 2 aromatic carbocycles. The van der Waals surface area contributed by atoms with E-state index < -0.39 is 0 Å². The number of carbonyl (C=O) groups is 1. The van der Waals surface area contributed by atoms with E-state index in [1.165, 1.54) is 12.8 Å². The fraction of sp³-hybridized carbons (Fsp3) is 0.429. The Balaban J connectivity index is 1.43. The van der Waals surface area contributed by atoms with Gasteiger partial charge in [-0.2, -0.15) is 10.2 Å². The molecular weight excluding hydrogens is 480 g/mol. The largest absolute Gasteiger partial charge is 0.508 e. The molecule has 3 heterocycles. The molecule has 10 heteroatoms. The van der Waals surface area contributed by atoms with Crippen molar-refractivity contribution >= 4 is 34.1 Å². The third-order valence-electron chi connectivity index (χ3n) is 7.37. The van der Waals surface area contributed by atoms with Crippen LogP contribution in [0, 0.1) is 11.3 Å². The molecule has 2 fully saturated rings. The minimum absolute atomic E-state index is 0.0342. The molecule has 38 heavy (non-hydrogen) atoms. The number of fused-ring (bicyclic) bond motifs is 1. The average Bonchev–Trinajstić information content (AvgIpc) is 2.93. The van der Waals surface area contributed by atoms with Gasteiger partial charge >= 0.3 is 0 Å². The molecule has 2 atom stereocenters. The number of nitrogens with zero attached hydrogens (tertiary/aromatic N) is 5. The first-order valence-corrected chi connectivity index (χ1v) is 13.2. The summed E-state index contributed by atoms with van der Waals surface area (Å²) in [5, 5.41) is 30.7. The number of nitrogens with one attached hydrogen (secondary N) is 3. The molecule has 4 N–H and O–H groups in total. The van der Waals surface area contributed by atoms with Crippen LogP contribution in [-0.4, -0.2) is 77.7 Å². The van der Waals surface area contributed by atoms with E-state index in [0.29, 0.717) is 49.6 Å². The van der Waals surface area contributed by atoms with Crippen molar-refractivity contribution < 1.29 is 9.90 Å². The molecule has 0 bridgehead atoms. The van der Waals surface area contributed by atoms with Crippen LogP contribution in [0.1, 0.15) is 36.2 Å². The lowest BCUT2D eigenvalue weighted by Gasteiger charge is -2.34. The minimum Gasteiger partial charge on any atom is -0.508 e. The van der Waals surface area contributed by atoms with Crippen LogP contribution in [0.25, 0.3) is 10.8 Å². The number of hydrogen-bond donors (Lipinski definition) is 4. The van der Waals surface area contributed by atoms with Gasteiger partial charge in [0, 0.05) is 55.8 Å². The van der Waals surface area contributed by atoms with E-state index in [9.17, 15) is 9.90 Å². The van der Waals surface area contributed by atoms with Crippen LogP contribution in [0.2, 0.25) is 0 Å². The Labute approximate surface area is 222 Å². The third-order valence-corrected chi connectivity index (χ3v) is 7.37. The lowest BCUT2D eigenvalue weighted by molar-refractivity contribution is 0.102. The molecule has 3 aromatic rings. The second kappa shape index (κ2) is 11.6. The number of aromatic nitrogens is 2. The zero-order valence-electron chi connectivity index (χ0n) is 21.7. The Morgan fingerprint density at radius 3 is 2.92 bits per heavy atom. The van der Waals surface area contributed by atoms with Gasteiger partial charge in [0.25, 0.3) is 5.91 Å². The van der Waals surface area contributed by atoms with Crippen LogP contribution < -0.4 is 20.9 Å². The van der Waals surface area contributed by atoms with Gasteiger partial charge in [-0.25, -0.2) is 4.98 Å². The topological polar surface area (TPSA) is 129 Å². The molecule has 5 rings (SSSR count). The van der Waals surface area contributed by atoms with Crippen molar-refractivity contribution in [2.45, 2.75) is 37.8 Å². The first-order chi connectivity index (χ1) is 18.5. The average molecular weight is 515 g/mol. The van der Waals surface area contributed by atoms with Crippen LogP contribution in [-0.2, 0) is 0 Å². The van der Waals surface area contributed by atoms with Crippen LogP contribution in [0.4, 0.5) is 17.5 Å². The standard InChI is InChI=1S/C28H34N8O2/c1-35-12-5-4-7-21(35)17-31-28-33-25(16-26(34-28)36-13-11-30-20(18-36)9-10-29)27(38)32-24-15-22(37)14-19-6-2-3-8-23(19)24/h2-3,6,8,14-16,20-21,30,37H,4-5,7,9,11-13,17-18H2,1H3,(H,32,38)(H,31,33,34)/t20-,21?/m0/s1. The zero-order chi connectivity index (χ0) is 26.5. The third kappa shape index (κ3) is 5.96. The van der Waals surface area contributed by atoms with Crippen molar-refractivity contribution in [2.75, 3.05) is 55.3 Å². The SMILES string of the molecule is CN1CCCCC1CNc1nc(C(=O)Nc2cc(O)cc3ccccc23)cc(N2CCN[C@@H](CC#N)C2)n1. The first kappa shape index (κ1) is 25.7. The Morgan fingerprint density at radius 2 is 2.08 bits per heavy atom.